The Morgan fingerprint density at radius 3 is 2.32 bits per heavy atom. The molecular weight excluding hydrogens is 349 g/mol. The second-order valence-corrected chi connectivity index (χ2v) is 4.62. The van der Waals surface area contributed by atoms with Crippen molar-refractivity contribution in [1.82, 2.24) is 10.6 Å². The van der Waals surface area contributed by atoms with Gasteiger partial charge in [-0.25, -0.2) is 4.99 Å². The molecule has 0 saturated carbocycles. The number of aliphatic imine (C=N–C) groups is 1. The molecule has 0 unspecified atom stereocenters. The van der Waals surface area contributed by atoms with E-state index in [0.29, 0.717) is 6.04 Å². The second-order valence-electron chi connectivity index (χ2n) is 4.62. The summed E-state index contributed by atoms with van der Waals surface area (Å²) in [6, 6.07) is 8.88. The molecule has 0 saturated heterocycles. The first kappa shape index (κ1) is 18.2. The van der Waals surface area contributed by atoms with Crippen LogP contribution in [0.25, 0.3) is 0 Å². The summed E-state index contributed by atoms with van der Waals surface area (Å²) in [6.45, 7) is 10.1. The van der Waals surface area contributed by atoms with Crippen LogP contribution in [0.3, 0.4) is 0 Å². The van der Waals surface area contributed by atoms with E-state index in [4.69, 9.17) is 0 Å². The van der Waals surface area contributed by atoms with Crippen molar-refractivity contribution in [3.63, 3.8) is 0 Å². The molecule has 3 nitrogen and oxygen atoms in total. The van der Waals surface area contributed by atoms with Crippen LogP contribution in [0, 0.1) is 0 Å². The zero-order chi connectivity index (χ0) is 13.4. The average Bonchev–Trinajstić information content (AvgIpc) is 2.36. The van der Waals surface area contributed by atoms with E-state index >= 15 is 0 Å². The van der Waals surface area contributed by atoms with Gasteiger partial charge in [-0.2, -0.15) is 0 Å². The third-order valence-corrected chi connectivity index (χ3v) is 2.68. The van der Waals surface area contributed by atoms with Crippen molar-refractivity contribution in [2.75, 3.05) is 6.54 Å². The highest BCUT2D eigenvalue weighted by atomic mass is 127. The van der Waals surface area contributed by atoms with Gasteiger partial charge >= 0.3 is 0 Å². The molecule has 0 heterocycles. The minimum atomic E-state index is 0. The van der Waals surface area contributed by atoms with E-state index < -0.39 is 0 Å². The van der Waals surface area contributed by atoms with Crippen LogP contribution in [0.15, 0.2) is 29.3 Å². The molecule has 0 aliphatic heterocycles. The Morgan fingerprint density at radius 1 is 1.16 bits per heavy atom. The van der Waals surface area contributed by atoms with Crippen molar-refractivity contribution in [1.29, 1.82) is 0 Å². The monoisotopic (exact) mass is 375 g/mol. The molecule has 1 rings (SSSR count). The first-order valence-corrected chi connectivity index (χ1v) is 6.79. The molecule has 0 aromatic heterocycles. The van der Waals surface area contributed by atoms with Crippen molar-refractivity contribution >= 4 is 29.9 Å². The molecule has 1 aromatic rings. The van der Waals surface area contributed by atoms with Gasteiger partial charge in [0.15, 0.2) is 5.96 Å². The number of nitrogens with zero attached hydrogens (tertiary/aromatic N) is 1. The van der Waals surface area contributed by atoms with E-state index in [0.717, 1.165) is 25.5 Å². The lowest BCUT2D eigenvalue weighted by Crippen LogP contribution is -2.41. The lowest BCUT2D eigenvalue weighted by molar-refractivity contribution is 0.700. The van der Waals surface area contributed by atoms with Crippen LogP contribution < -0.4 is 10.6 Å². The van der Waals surface area contributed by atoms with Gasteiger partial charge in [0.05, 0.1) is 6.54 Å². The number of halogens is 1. The van der Waals surface area contributed by atoms with E-state index in [1.807, 2.05) is 0 Å². The predicted molar refractivity (Wildman–Crippen MR) is 94.3 cm³/mol. The third kappa shape index (κ3) is 6.80. The lowest BCUT2D eigenvalue weighted by atomic mass is 10.1. The normalized spacial score (nSPS) is 11.1. The van der Waals surface area contributed by atoms with Gasteiger partial charge in [0.25, 0.3) is 0 Å². The fraction of sp³-hybridized carbons (Fsp3) is 0.533. The molecule has 0 atom stereocenters. The summed E-state index contributed by atoms with van der Waals surface area (Å²) in [5.41, 5.74) is 2.68. The largest absolute Gasteiger partial charge is 0.357 e. The number of aryl methyl sites for hydroxylation is 1. The number of hydrogen-bond donors (Lipinski definition) is 2. The highest BCUT2D eigenvalue weighted by molar-refractivity contribution is 14.0. The van der Waals surface area contributed by atoms with E-state index in [1.165, 1.54) is 11.1 Å². The first-order chi connectivity index (χ1) is 8.67. The summed E-state index contributed by atoms with van der Waals surface area (Å²) in [7, 11) is 0. The van der Waals surface area contributed by atoms with Crippen molar-refractivity contribution in [2.45, 2.75) is 46.7 Å². The summed E-state index contributed by atoms with van der Waals surface area (Å²) in [4.78, 5) is 4.63. The maximum absolute atomic E-state index is 4.63. The molecule has 0 aliphatic carbocycles. The smallest absolute Gasteiger partial charge is 0.191 e. The predicted octanol–water partition coefficient (Wildman–Crippen LogP) is 3.33. The summed E-state index contributed by atoms with van der Waals surface area (Å²) in [6.07, 6.45) is 1.06. The number of nitrogens with one attached hydrogen (secondary N) is 2. The summed E-state index contributed by atoms with van der Waals surface area (Å²) >= 11 is 0. The van der Waals surface area contributed by atoms with Crippen LogP contribution in [0.5, 0.6) is 0 Å². The van der Waals surface area contributed by atoms with E-state index in [2.05, 4.69) is 67.6 Å². The highest BCUT2D eigenvalue weighted by Gasteiger charge is 2.01. The lowest BCUT2D eigenvalue weighted by Gasteiger charge is -2.14. The van der Waals surface area contributed by atoms with Crippen LogP contribution in [-0.2, 0) is 13.0 Å². The molecule has 0 amide bonds. The van der Waals surface area contributed by atoms with E-state index in [-0.39, 0.29) is 24.0 Å². The van der Waals surface area contributed by atoms with Gasteiger partial charge in [-0.3, -0.25) is 0 Å². The number of benzene rings is 1. The van der Waals surface area contributed by atoms with Gasteiger partial charge in [-0.05, 0) is 38.3 Å². The molecule has 0 radical (unpaired) electrons. The van der Waals surface area contributed by atoms with Gasteiger partial charge < -0.3 is 10.6 Å². The second kappa shape index (κ2) is 10.1. The molecule has 2 N–H and O–H groups in total. The third-order valence-electron chi connectivity index (χ3n) is 2.68. The van der Waals surface area contributed by atoms with Crippen LogP contribution in [0.1, 0.15) is 38.8 Å². The van der Waals surface area contributed by atoms with Crippen molar-refractivity contribution < 1.29 is 0 Å². The van der Waals surface area contributed by atoms with Crippen LogP contribution in [-0.4, -0.2) is 18.5 Å². The van der Waals surface area contributed by atoms with E-state index in [9.17, 15) is 0 Å². The van der Waals surface area contributed by atoms with Gasteiger partial charge in [0.1, 0.15) is 0 Å². The van der Waals surface area contributed by atoms with Gasteiger partial charge in [0, 0.05) is 12.6 Å². The fourth-order valence-electron chi connectivity index (χ4n) is 1.81. The Balaban J connectivity index is 0.00000324. The quantitative estimate of drug-likeness (QED) is 0.471. The molecule has 0 spiro atoms. The number of guanidine groups is 1. The summed E-state index contributed by atoms with van der Waals surface area (Å²) in [5, 5.41) is 6.59. The first-order valence-electron chi connectivity index (χ1n) is 6.79. The minimum Gasteiger partial charge on any atom is -0.357 e. The average molecular weight is 375 g/mol. The molecule has 1 aromatic carbocycles. The van der Waals surface area contributed by atoms with E-state index in [1.54, 1.807) is 0 Å². The Hall–Kier alpha value is -0.780. The molecule has 0 aliphatic rings. The minimum absolute atomic E-state index is 0. The van der Waals surface area contributed by atoms with Crippen LogP contribution >= 0.6 is 24.0 Å². The molecular formula is C15H26IN3. The van der Waals surface area contributed by atoms with Crippen molar-refractivity contribution in [2.24, 2.45) is 4.99 Å². The van der Waals surface area contributed by atoms with Crippen molar-refractivity contribution in [3.05, 3.63) is 35.4 Å². The summed E-state index contributed by atoms with van der Waals surface area (Å²) < 4.78 is 0. The Bertz CT molecular complexity index is 389. The maximum Gasteiger partial charge on any atom is 0.191 e. The van der Waals surface area contributed by atoms with Gasteiger partial charge in [0.2, 0.25) is 0 Å². The topological polar surface area (TPSA) is 36.4 Å². The molecule has 19 heavy (non-hydrogen) atoms. The SMILES string of the molecule is CCNC(=NCc1ccccc1CC)NC(C)C.I. The number of hydrogen-bond acceptors (Lipinski definition) is 1. The molecule has 108 valence electrons. The van der Waals surface area contributed by atoms with Gasteiger partial charge in [-0.1, -0.05) is 31.2 Å². The molecule has 0 bridgehead atoms. The highest BCUT2D eigenvalue weighted by Crippen LogP contribution is 2.10. The standard InChI is InChI=1S/C15H25N3.HI/c1-5-13-9-7-8-10-14(13)11-17-15(16-6-2)18-12(3)4;/h7-10,12H,5-6,11H2,1-4H3,(H2,16,17,18);1H. The van der Waals surface area contributed by atoms with Crippen LogP contribution in [0.2, 0.25) is 0 Å². The molecule has 4 heteroatoms. The van der Waals surface area contributed by atoms with Gasteiger partial charge in [-0.15, -0.1) is 24.0 Å². The maximum atomic E-state index is 4.63. The number of rotatable bonds is 5. The van der Waals surface area contributed by atoms with Crippen LogP contribution in [0.4, 0.5) is 0 Å². The Kier molecular flexibility index (Phi) is 9.65. The Labute approximate surface area is 134 Å². The Morgan fingerprint density at radius 2 is 1.79 bits per heavy atom. The zero-order valence-corrected chi connectivity index (χ0v) is 14.7. The zero-order valence-electron chi connectivity index (χ0n) is 12.4. The summed E-state index contributed by atoms with van der Waals surface area (Å²) in [5.74, 6) is 0.887. The molecule has 0 fully saturated rings. The fourth-order valence-corrected chi connectivity index (χ4v) is 1.81. The van der Waals surface area contributed by atoms with Crippen molar-refractivity contribution in [3.8, 4) is 0 Å².